The number of aliphatic hydroxyl groups excluding tert-OH is 1. The summed E-state index contributed by atoms with van der Waals surface area (Å²) in [6, 6.07) is 17.0. The predicted molar refractivity (Wildman–Crippen MR) is 159 cm³/mol. The van der Waals surface area contributed by atoms with Crippen LogP contribution in [0.3, 0.4) is 0 Å². The number of carbonyl (C=O) groups excluding carboxylic acids is 1. The van der Waals surface area contributed by atoms with Gasteiger partial charge in [-0.05, 0) is 88.5 Å². The number of para-hydroxylation sites is 3. The second-order valence-corrected chi connectivity index (χ2v) is 11.5. The first-order chi connectivity index (χ1) is 19.6. The highest BCUT2D eigenvalue weighted by atomic mass is 16.5. The van der Waals surface area contributed by atoms with Crippen molar-refractivity contribution in [3.63, 3.8) is 0 Å². The smallest absolute Gasteiger partial charge is 0.225 e. The zero-order chi connectivity index (χ0) is 27.9. The molecule has 2 aliphatic rings. The Morgan fingerprint density at radius 1 is 0.975 bits per heavy atom. The fourth-order valence-electron chi connectivity index (χ4n) is 6.83. The Morgan fingerprint density at radius 3 is 2.40 bits per heavy atom. The van der Waals surface area contributed by atoms with Gasteiger partial charge in [0.1, 0.15) is 24.8 Å². The molecule has 1 saturated carbocycles. The highest BCUT2D eigenvalue weighted by Crippen LogP contribution is 2.34. The zero-order valence-electron chi connectivity index (χ0n) is 24.3. The molecule has 0 radical (unpaired) electrons. The molecule has 1 aliphatic carbocycles. The van der Waals surface area contributed by atoms with Gasteiger partial charge < -0.3 is 19.3 Å². The van der Waals surface area contributed by atoms with E-state index in [-0.39, 0.29) is 12.5 Å². The molecular formula is C33H46N4O3. The number of likely N-dealkylation sites (tertiary alicyclic amines) is 1. The first-order valence-corrected chi connectivity index (χ1v) is 15.4. The average molecular weight is 547 g/mol. The molecule has 0 spiro atoms. The minimum absolute atomic E-state index is 0.0297. The van der Waals surface area contributed by atoms with Crippen molar-refractivity contribution in [1.29, 1.82) is 0 Å². The molecule has 0 unspecified atom stereocenters. The number of ether oxygens (including phenoxy) is 1. The number of imidazole rings is 1. The van der Waals surface area contributed by atoms with Crippen LogP contribution in [0, 0.1) is 11.8 Å². The van der Waals surface area contributed by atoms with Crippen molar-refractivity contribution in [2.24, 2.45) is 11.8 Å². The highest BCUT2D eigenvalue weighted by Gasteiger charge is 2.29. The third kappa shape index (κ3) is 6.52. The molecule has 2 aromatic carbocycles. The summed E-state index contributed by atoms with van der Waals surface area (Å²) in [4.78, 5) is 21.9. The number of aliphatic hydroxyl groups is 1. The molecule has 1 aromatic heterocycles. The molecule has 1 aliphatic heterocycles. The second-order valence-electron chi connectivity index (χ2n) is 11.5. The van der Waals surface area contributed by atoms with Crippen molar-refractivity contribution in [3.8, 4) is 5.75 Å². The molecule has 1 amide bonds. The van der Waals surface area contributed by atoms with Crippen LogP contribution in [0.2, 0.25) is 0 Å². The van der Waals surface area contributed by atoms with Crippen molar-refractivity contribution in [2.45, 2.75) is 71.4 Å². The molecule has 2 fully saturated rings. The summed E-state index contributed by atoms with van der Waals surface area (Å²) >= 11 is 0. The maximum atomic E-state index is 12.8. The summed E-state index contributed by atoms with van der Waals surface area (Å²) in [7, 11) is 0. The summed E-state index contributed by atoms with van der Waals surface area (Å²) in [5, 5.41) is 9.90. The number of benzene rings is 2. The van der Waals surface area contributed by atoms with E-state index in [1.807, 2.05) is 23.1 Å². The maximum Gasteiger partial charge on any atom is 0.225 e. The first-order valence-electron chi connectivity index (χ1n) is 15.4. The lowest BCUT2D eigenvalue weighted by Gasteiger charge is -2.33. The van der Waals surface area contributed by atoms with Crippen LogP contribution in [0.5, 0.6) is 5.75 Å². The van der Waals surface area contributed by atoms with Crippen molar-refractivity contribution in [2.75, 3.05) is 39.3 Å². The first kappa shape index (κ1) is 28.6. The number of hydrogen-bond acceptors (Lipinski definition) is 5. The molecule has 7 nitrogen and oxygen atoms in total. The number of carbonyl (C=O) groups is 1. The summed E-state index contributed by atoms with van der Waals surface area (Å²) in [6.45, 7) is 9.36. The van der Waals surface area contributed by atoms with E-state index in [9.17, 15) is 9.90 Å². The Hall–Kier alpha value is -2.90. The number of rotatable bonds is 11. The van der Waals surface area contributed by atoms with Gasteiger partial charge in [0.05, 0.1) is 11.0 Å². The Balaban J connectivity index is 1.09. The molecule has 5 rings (SSSR count). The Bertz CT molecular complexity index is 1240. The third-order valence-corrected chi connectivity index (χ3v) is 9.15. The van der Waals surface area contributed by atoms with Crippen LogP contribution in [0.1, 0.15) is 69.8 Å². The molecule has 216 valence electrons. The van der Waals surface area contributed by atoms with Gasteiger partial charge in [-0.25, -0.2) is 4.98 Å². The van der Waals surface area contributed by atoms with Crippen molar-refractivity contribution in [1.82, 2.24) is 19.4 Å². The lowest BCUT2D eigenvalue weighted by Crippen LogP contribution is -2.37. The molecule has 0 bridgehead atoms. The van der Waals surface area contributed by atoms with E-state index in [1.54, 1.807) is 0 Å². The van der Waals surface area contributed by atoms with Gasteiger partial charge in [0.2, 0.25) is 5.91 Å². The second kappa shape index (κ2) is 13.6. The number of nitrogens with zero attached hydrogens (tertiary/aromatic N) is 4. The van der Waals surface area contributed by atoms with Gasteiger partial charge in [-0.1, -0.05) is 30.3 Å². The van der Waals surface area contributed by atoms with Gasteiger partial charge in [0, 0.05) is 44.7 Å². The van der Waals surface area contributed by atoms with Gasteiger partial charge in [-0.3, -0.25) is 9.69 Å². The van der Waals surface area contributed by atoms with Crippen LogP contribution in [-0.4, -0.2) is 69.7 Å². The number of fused-ring (bicyclic) bond motifs is 1. The van der Waals surface area contributed by atoms with E-state index in [2.05, 4.69) is 58.6 Å². The van der Waals surface area contributed by atoms with E-state index < -0.39 is 0 Å². The molecule has 2 heterocycles. The standard InChI is InChI=1S/C33H46N4O3/c1-3-36(4-2)33(39)26-15-13-25(14-16-26)23-27-9-5-8-12-31(27)40-22-21-35-19-17-28(18-20-35)37-30-11-7-6-10-29(30)34-32(37)24-38/h5-12,25-26,28,38H,3-4,13-24H2,1-2H3. The van der Waals surface area contributed by atoms with Crippen LogP contribution >= 0.6 is 0 Å². The van der Waals surface area contributed by atoms with E-state index >= 15 is 0 Å². The van der Waals surface area contributed by atoms with Gasteiger partial charge in [-0.15, -0.1) is 0 Å². The summed E-state index contributed by atoms with van der Waals surface area (Å²) in [6.07, 6.45) is 7.37. The van der Waals surface area contributed by atoms with Crippen molar-refractivity contribution in [3.05, 3.63) is 59.9 Å². The van der Waals surface area contributed by atoms with Gasteiger partial charge >= 0.3 is 0 Å². The van der Waals surface area contributed by atoms with Crippen LogP contribution in [0.25, 0.3) is 11.0 Å². The maximum absolute atomic E-state index is 12.8. The lowest BCUT2D eigenvalue weighted by atomic mass is 9.78. The normalized spacial score (nSPS) is 20.6. The van der Waals surface area contributed by atoms with E-state index in [0.29, 0.717) is 24.5 Å². The quantitative estimate of drug-likeness (QED) is 0.346. The predicted octanol–water partition coefficient (Wildman–Crippen LogP) is 5.46. The zero-order valence-corrected chi connectivity index (χ0v) is 24.3. The Kier molecular flexibility index (Phi) is 9.76. The molecular weight excluding hydrogens is 500 g/mol. The molecule has 1 N–H and O–H groups in total. The van der Waals surface area contributed by atoms with E-state index in [4.69, 9.17) is 4.74 Å². The topological polar surface area (TPSA) is 70.8 Å². The fraction of sp³-hybridized carbons (Fsp3) is 0.576. The van der Waals surface area contributed by atoms with E-state index in [1.165, 1.54) is 5.56 Å². The average Bonchev–Trinajstić information content (AvgIpc) is 3.38. The number of aromatic nitrogens is 2. The van der Waals surface area contributed by atoms with Crippen LogP contribution in [0.4, 0.5) is 0 Å². The fourth-order valence-corrected chi connectivity index (χ4v) is 6.83. The Labute approximate surface area is 239 Å². The van der Waals surface area contributed by atoms with Gasteiger partial charge in [0.25, 0.3) is 0 Å². The summed E-state index contributed by atoms with van der Waals surface area (Å²) < 4.78 is 8.60. The minimum Gasteiger partial charge on any atom is -0.492 e. The van der Waals surface area contributed by atoms with Gasteiger partial charge in [0.15, 0.2) is 0 Å². The summed E-state index contributed by atoms with van der Waals surface area (Å²) in [5.74, 6) is 2.95. The molecule has 40 heavy (non-hydrogen) atoms. The van der Waals surface area contributed by atoms with Crippen LogP contribution in [-0.2, 0) is 17.8 Å². The van der Waals surface area contributed by atoms with Crippen molar-refractivity contribution < 1.29 is 14.6 Å². The number of amides is 1. The van der Waals surface area contributed by atoms with Crippen LogP contribution < -0.4 is 4.74 Å². The monoisotopic (exact) mass is 546 g/mol. The van der Waals surface area contributed by atoms with Crippen LogP contribution in [0.15, 0.2) is 48.5 Å². The largest absolute Gasteiger partial charge is 0.492 e. The molecule has 7 heteroatoms. The third-order valence-electron chi connectivity index (χ3n) is 9.15. The summed E-state index contributed by atoms with van der Waals surface area (Å²) in [5.41, 5.74) is 3.37. The van der Waals surface area contributed by atoms with E-state index in [0.717, 1.165) is 100 Å². The molecule has 0 atom stereocenters. The lowest BCUT2D eigenvalue weighted by molar-refractivity contribution is -0.136. The minimum atomic E-state index is -0.0297. The van der Waals surface area contributed by atoms with Crippen molar-refractivity contribution >= 4 is 16.9 Å². The van der Waals surface area contributed by atoms with Gasteiger partial charge in [-0.2, -0.15) is 0 Å². The SMILES string of the molecule is CCN(CC)C(=O)C1CCC(Cc2ccccc2OCCN2CCC(n3c(CO)nc4ccccc43)CC2)CC1. The molecule has 1 saturated heterocycles. The molecule has 3 aromatic rings. The number of hydrogen-bond donors (Lipinski definition) is 1. The highest BCUT2D eigenvalue weighted by molar-refractivity contribution is 5.79. The Morgan fingerprint density at radius 2 is 1.68 bits per heavy atom. The number of piperidine rings is 1.